The van der Waals surface area contributed by atoms with Crippen molar-refractivity contribution in [2.24, 2.45) is 0 Å². The van der Waals surface area contributed by atoms with Gasteiger partial charge in [0.05, 0.1) is 11.4 Å². The van der Waals surface area contributed by atoms with Crippen LogP contribution < -0.4 is 10.2 Å². The summed E-state index contributed by atoms with van der Waals surface area (Å²) in [6, 6.07) is 4.09. The Morgan fingerprint density at radius 1 is 1.32 bits per heavy atom. The third kappa shape index (κ3) is 2.83. The fourth-order valence-electron chi connectivity index (χ4n) is 2.21. The van der Waals surface area contributed by atoms with E-state index in [0.29, 0.717) is 6.54 Å². The average molecular weight is 262 g/mol. The van der Waals surface area contributed by atoms with Gasteiger partial charge in [0.1, 0.15) is 5.60 Å². The highest BCUT2D eigenvalue weighted by Gasteiger charge is 2.28. The summed E-state index contributed by atoms with van der Waals surface area (Å²) in [5.74, 6) is 0. The van der Waals surface area contributed by atoms with Gasteiger partial charge in [0, 0.05) is 13.1 Å². The van der Waals surface area contributed by atoms with Crippen molar-refractivity contribution >= 4 is 17.5 Å². The summed E-state index contributed by atoms with van der Waals surface area (Å²) in [7, 11) is 0. The molecule has 1 heterocycles. The minimum absolute atomic E-state index is 0.274. The number of benzene rings is 1. The maximum Gasteiger partial charge on any atom is 0.414 e. The Labute approximate surface area is 114 Å². The van der Waals surface area contributed by atoms with Gasteiger partial charge in [0.25, 0.3) is 0 Å². The molecule has 4 heteroatoms. The first-order chi connectivity index (χ1) is 8.79. The molecule has 1 N–H and O–H groups in total. The first-order valence-electron chi connectivity index (χ1n) is 6.64. The summed E-state index contributed by atoms with van der Waals surface area (Å²) in [6.45, 7) is 11.1. The Balaban J connectivity index is 2.37. The third-order valence-electron chi connectivity index (χ3n) is 3.24. The molecule has 1 aliphatic rings. The van der Waals surface area contributed by atoms with Crippen LogP contribution in [0.15, 0.2) is 12.1 Å². The van der Waals surface area contributed by atoms with Gasteiger partial charge in [-0.3, -0.25) is 4.90 Å². The number of nitrogens with one attached hydrogen (secondary N) is 1. The van der Waals surface area contributed by atoms with Crippen LogP contribution in [0.2, 0.25) is 0 Å². The Bertz CT molecular complexity index is 504. The lowest BCUT2D eigenvalue weighted by atomic mass is 10.0. The lowest BCUT2D eigenvalue weighted by Gasteiger charge is -2.33. The van der Waals surface area contributed by atoms with Crippen LogP contribution in [0.4, 0.5) is 16.2 Å². The quantitative estimate of drug-likeness (QED) is 0.778. The molecule has 19 heavy (non-hydrogen) atoms. The van der Waals surface area contributed by atoms with Gasteiger partial charge in [-0.15, -0.1) is 0 Å². The van der Waals surface area contributed by atoms with E-state index in [2.05, 4.69) is 18.3 Å². The van der Waals surface area contributed by atoms with Gasteiger partial charge in [-0.1, -0.05) is 6.07 Å². The molecule has 0 atom stereocenters. The van der Waals surface area contributed by atoms with Crippen LogP contribution in [0, 0.1) is 13.8 Å². The molecule has 4 nitrogen and oxygen atoms in total. The SMILES string of the molecule is Cc1ccc2c(c1C)N(C(=O)OC(C)(C)C)CCN2. The lowest BCUT2D eigenvalue weighted by molar-refractivity contribution is 0.0580. The van der Waals surface area contributed by atoms with E-state index in [1.165, 1.54) is 5.56 Å². The second kappa shape index (κ2) is 4.76. The van der Waals surface area contributed by atoms with Crippen LogP contribution in [0.25, 0.3) is 0 Å². The number of fused-ring (bicyclic) bond motifs is 1. The highest BCUT2D eigenvalue weighted by Crippen LogP contribution is 2.35. The fraction of sp³-hybridized carbons (Fsp3) is 0.533. The smallest absolute Gasteiger partial charge is 0.414 e. The normalized spacial score (nSPS) is 14.7. The Kier molecular flexibility index (Phi) is 3.43. The molecular formula is C15H22N2O2. The summed E-state index contributed by atoms with van der Waals surface area (Å²) < 4.78 is 5.49. The van der Waals surface area contributed by atoms with E-state index in [1.54, 1.807) is 4.90 Å². The number of hydrogen-bond acceptors (Lipinski definition) is 3. The molecule has 0 aliphatic carbocycles. The maximum atomic E-state index is 12.3. The fourth-order valence-corrected chi connectivity index (χ4v) is 2.21. The number of hydrogen-bond donors (Lipinski definition) is 1. The van der Waals surface area contributed by atoms with Gasteiger partial charge in [-0.2, -0.15) is 0 Å². The van der Waals surface area contributed by atoms with Crippen molar-refractivity contribution in [1.29, 1.82) is 0 Å². The molecule has 0 unspecified atom stereocenters. The Morgan fingerprint density at radius 3 is 2.63 bits per heavy atom. The van der Waals surface area contributed by atoms with Crippen molar-refractivity contribution in [3.63, 3.8) is 0 Å². The van der Waals surface area contributed by atoms with Gasteiger partial charge >= 0.3 is 6.09 Å². The maximum absolute atomic E-state index is 12.3. The van der Waals surface area contributed by atoms with Gasteiger partial charge in [0.2, 0.25) is 0 Å². The van der Waals surface area contributed by atoms with Crippen molar-refractivity contribution in [2.75, 3.05) is 23.3 Å². The van der Waals surface area contributed by atoms with E-state index in [0.717, 1.165) is 23.5 Å². The molecule has 0 radical (unpaired) electrons. The molecular weight excluding hydrogens is 240 g/mol. The summed E-state index contributed by atoms with van der Waals surface area (Å²) in [6.07, 6.45) is -0.274. The summed E-state index contributed by atoms with van der Waals surface area (Å²) in [5, 5.41) is 3.33. The third-order valence-corrected chi connectivity index (χ3v) is 3.24. The highest BCUT2D eigenvalue weighted by molar-refractivity contribution is 5.95. The first kappa shape index (κ1) is 13.7. The number of nitrogens with zero attached hydrogens (tertiary/aromatic N) is 1. The molecule has 0 aromatic heterocycles. The van der Waals surface area contributed by atoms with E-state index in [1.807, 2.05) is 33.8 Å². The number of rotatable bonds is 0. The average Bonchev–Trinajstić information content (AvgIpc) is 2.31. The van der Waals surface area contributed by atoms with Crippen LogP contribution >= 0.6 is 0 Å². The molecule has 0 spiro atoms. The van der Waals surface area contributed by atoms with Crippen LogP contribution in [-0.2, 0) is 4.74 Å². The van der Waals surface area contributed by atoms with E-state index in [-0.39, 0.29) is 6.09 Å². The largest absolute Gasteiger partial charge is 0.443 e. The first-order valence-corrected chi connectivity index (χ1v) is 6.64. The van der Waals surface area contributed by atoms with Crippen molar-refractivity contribution in [3.05, 3.63) is 23.3 Å². The lowest BCUT2D eigenvalue weighted by Crippen LogP contribution is -2.42. The van der Waals surface area contributed by atoms with Crippen LogP contribution in [0.3, 0.4) is 0 Å². The number of carbonyl (C=O) groups excluding carboxylic acids is 1. The molecule has 0 saturated carbocycles. The zero-order valence-electron chi connectivity index (χ0n) is 12.3. The van der Waals surface area contributed by atoms with Crippen molar-refractivity contribution in [2.45, 2.75) is 40.2 Å². The van der Waals surface area contributed by atoms with E-state index in [4.69, 9.17) is 4.74 Å². The van der Waals surface area contributed by atoms with Crippen molar-refractivity contribution in [3.8, 4) is 0 Å². The molecule has 1 aromatic rings. The molecule has 2 rings (SSSR count). The predicted molar refractivity (Wildman–Crippen MR) is 78.0 cm³/mol. The van der Waals surface area contributed by atoms with Crippen molar-refractivity contribution < 1.29 is 9.53 Å². The Hall–Kier alpha value is -1.71. The second-order valence-electron chi connectivity index (χ2n) is 5.96. The molecule has 0 bridgehead atoms. The van der Waals surface area contributed by atoms with Gasteiger partial charge in [0.15, 0.2) is 0 Å². The van der Waals surface area contributed by atoms with Gasteiger partial charge in [-0.05, 0) is 51.8 Å². The molecule has 0 saturated heterocycles. The highest BCUT2D eigenvalue weighted by atomic mass is 16.6. The second-order valence-corrected chi connectivity index (χ2v) is 5.96. The summed E-state index contributed by atoms with van der Waals surface area (Å²) >= 11 is 0. The van der Waals surface area contributed by atoms with Crippen LogP contribution in [0.1, 0.15) is 31.9 Å². The molecule has 1 aromatic carbocycles. The van der Waals surface area contributed by atoms with E-state index in [9.17, 15) is 4.79 Å². The topological polar surface area (TPSA) is 41.6 Å². The number of ether oxygens (including phenoxy) is 1. The molecule has 1 aliphatic heterocycles. The Morgan fingerprint density at radius 2 is 2.00 bits per heavy atom. The minimum Gasteiger partial charge on any atom is -0.443 e. The van der Waals surface area contributed by atoms with Crippen molar-refractivity contribution in [1.82, 2.24) is 0 Å². The zero-order valence-corrected chi connectivity index (χ0v) is 12.3. The van der Waals surface area contributed by atoms with Gasteiger partial charge < -0.3 is 10.1 Å². The standard InChI is InChI=1S/C15H22N2O2/c1-10-6-7-12-13(11(10)2)17(9-8-16-12)14(18)19-15(3,4)5/h6-7,16H,8-9H2,1-5H3. The summed E-state index contributed by atoms with van der Waals surface area (Å²) in [5.41, 5.74) is 3.77. The van der Waals surface area contributed by atoms with Crippen LogP contribution in [-0.4, -0.2) is 24.8 Å². The van der Waals surface area contributed by atoms with E-state index >= 15 is 0 Å². The number of carbonyl (C=O) groups is 1. The number of aryl methyl sites for hydroxylation is 1. The molecule has 0 fully saturated rings. The molecule has 1 amide bonds. The monoisotopic (exact) mass is 262 g/mol. The van der Waals surface area contributed by atoms with Crippen LogP contribution in [0.5, 0.6) is 0 Å². The van der Waals surface area contributed by atoms with E-state index < -0.39 is 5.60 Å². The van der Waals surface area contributed by atoms with Gasteiger partial charge in [-0.25, -0.2) is 4.79 Å². The zero-order chi connectivity index (χ0) is 14.2. The number of anilines is 2. The minimum atomic E-state index is -0.472. The summed E-state index contributed by atoms with van der Waals surface area (Å²) in [4.78, 5) is 14.1. The molecule has 104 valence electrons. The predicted octanol–water partition coefficient (Wildman–Crippen LogP) is 3.47. The number of amides is 1.